The average molecular weight is 541 g/mol. The minimum Gasteiger partial charge on any atom is -0.444 e. The molecule has 160 valence electrons. The van der Waals surface area contributed by atoms with Crippen molar-refractivity contribution in [2.75, 3.05) is 4.90 Å². The number of anilines is 1. The molecular formula is C24H16INO6. The fourth-order valence-corrected chi connectivity index (χ4v) is 3.57. The summed E-state index contributed by atoms with van der Waals surface area (Å²) < 4.78 is 11.7. The summed E-state index contributed by atoms with van der Waals surface area (Å²) in [5, 5.41) is 0. The third-order valence-electron chi connectivity index (χ3n) is 4.77. The molecule has 7 nitrogen and oxygen atoms in total. The van der Waals surface area contributed by atoms with Crippen LogP contribution in [0.2, 0.25) is 0 Å². The number of hydrogen-bond acceptors (Lipinski definition) is 6. The first kappa shape index (κ1) is 21.7. The Balaban J connectivity index is 1.65. The molecule has 4 rings (SSSR count). The van der Waals surface area contributed by atoms with Gasteiger partial charge in [-0.05, 0) is 71.1 Å². The molecule has 1 heterocycles. The Morgan fingerprint density at radius 3 is 1.47 bits per heavy atom. The molecule has 0 spiro atoms. The molecule has 8 heteroatoms. The van der Waals surface area contributed by atoms with Gasteiger partial charge in [-0.15, -0.1) is 0 Å². The standard InChI is InChI=1S/C24H16INO6/c25-17-11-13-18(14-12-17)26-21(27)19(31-23(29)15-7-3-1-4-8-15)20(22(26)28)32-24(30)16-9-5-2-6-10-16/h1-14,19-20H/t19-,20-/m1/s1. The summed E-state index contributed by atoms with van der Waals surface area (Å²) in [7, 11) is 0. The summed E-state index contributed by atoms with van der Waals surface area (Å²) in [5.74, 6) is -3.18. The van der Waals surface area contributed by atoms with Crippen LogP contribution in [-0.2, 0) is 19.1 Å². The Bertz CT molecular complexity index is 1090. The van der Waals surface area contributed by atoms with E-state index in [2.05, 4.69) is 22.6 Å². The maximum atomic E-state index is 13.1. The van der Waals surface area contributed by atoms with E-state index in [9.17, 15) is 19.2 Å². The van der Waals surface area contributed by atoms with Gasteiger partial charge >= 0.3 is 11.9 Å². The Kier molecular flexibility index (Phi) is 6.31. The zero-order valence-corrected chi connectivity index (χ0v) is 18.7. The lowest BCUT2D eigenvalue weighted by atomic mass is 10.2. The van der Waals surface area contributed by atoms with E-state index in [0.29, 0.717) is 5.69 Å². The van der Waals surface area contributed by atoms with Gasteiger partial charge in [-0.1, -0.05) is 36.4 Å². The summed E-state index contributed by atoms with van der Waals surface area (Å²) in [6.07, 6.45) is -3.22. The second-order valence-electron chi connectivity index (χ2n) is 6.87. The van der Waals surface area contributed by atoms with Gasteiger partial charge in [-0.25, -0.2) is 14.5 Å². The van der Waals surface area contributed by atoms with Gasteiger partial charge in [0.05, 0.1) is 16.8 Å². The lowest BCUT2D eigenvalue weighted by Crippen LogP contribution is -2.37. The lowest BCUT2D eigenvalue weighted by molar-refractivity contribution is -0.130. The van der Waals surface area contributed by atoms with E-state index >= 15 is 0 Å². The molecule has 3 aromatic rings. The molecule has 32 heavy (non-hydrogen) atoms. The van der Waals surface area contributed by atoms with Gasteiger partial charge in [0, 0.05) is 3.57 Å². The smallest absolute Gasteiger partial charge is 0.339 e. The van der Waals surface area contributed by atoms with Crippen molar-refractivity contribution in [3.63, 3.8) is 0 Å². The summed E-state index contributed by atoms with van der Waals surface area (Å²) in [5.41, 5.74) is 0.696. The number of nitrogens with zero attached hydrogens (tertiary/aromatic N) is 1. The monoisotopic (exact) mass is 541 g/mol. The van der Waals surface area contributed by atoms with Crippen LogP contribution in [0.25, 0.3) is 0 Å². The zero-order valence-electron chi connectivity index (χ0n) is 16.5. The molecule has 3 aromatic carbocycles. The number of benzene rings is 3. The molecule has 1 aliphatic rings. The van der Waals surface area contributed by atoms with Gasteiger partial charge in [0.25, 0.3) is 11.8 Å². The number of rotatable bonds is 5. The SMILES string of the molecule is O=C(O[C@H]1C(=O)N(c2ccc(I)cc2)C(=O)[C@@H]1OC(=O)c1ccccc1)c1ccccc1. The van der Waals surface area contributed by atoms with Crippen LogP contribution in [0.15, 0.2) is 84.9 Å². The predicted octanol–water partition coefficient (Wildman–Crippen LogP) is 3.62. The highest BCUT2D eigenvalue weighted by molar-refractivity contribution is 14.1. The van der Waals surface area contributed by atoms with Crippen molar-refractivity contribution < 1.29 is 28.7 Å². The van der Waals surface area contributed by atoms with E-state index in [4.69, 9.17) is 9.47 Å². The number of carbonyl (C=O) groups excluding carboxylic acids is 4. The van der Waals surface area contributed by atoms with Crippen LogP contribution in [0.4, 0.5) is 5.69 Å². The summed E-state index contributed by atoms with van der Waals surface area (Å²) >= 11 is 2.10. The molecule has 0 aromatic heterocycles. The fourth-order valence-electron chi connectivity index (χ4n) is 3.21. The van der Waals surface area contributed by atoms with Crippen LogP contribution in [-0.4, -0.2) is 36.0 Å². The number of imide groups is 1. The fraction of sp³-hybridized carbons (Fsp3) is 0.0833. The first-order chi connectivity index (χ1) is 15.5. The van der Waals surface area contributed by atoms with Gasteiger partial charge in [0.1, 0.15) is 0 Å². The molecule has 2 atom stereocenters. The van der Waals surface area contributed by atoms with Gasteiger partial charge < -0.3 is 9.47 Å². The van der Waals surface area contributed by atoms with E-state index in [1.807, 2.05) is 0 Å². The Morgan fingerprint density at radius 1 is 0.656 bits per heavy atom. The van der Waals surface area contributed by atoms with Gasteiger partial charge in [0.2, 0.25) is 12.2 Å². The van der Waals surface area contributed by atoms with E-state index in [1.54, 1.807) is 60.7 Å². The van der Waals surface area contributed by atoms with E-state index < -0.39 is 36.0 Å². The van der Waals surface area contributed by atoms with Gasteiger partial charge in [-0.3, -0.25) is 9.59 Å². The van der Waals surface area contributed by atoms with Crippen LogP contribution in [0.1, 0.15) is 20.7 Å². The topological polar surface area (TPSA) is 90.0 Å². The van der Waals surface area contributed by atoms with Crippen LogP contribution >= 0.6 is 22.6 Å². The van der Waals surface area contributed by atoms with Crippen LogP contribution < -0.4 is 4.90 Å². The van der Waals surface area contributed by atoms with Crippen molar-refractivity contribution in [3.05, 3.63) is 99.6 Å². The number of hydrogen-bond donors (Lipinski definition) is 0. The summed E-state index contributed by atoms with van der Waals surface area (Å²) in [6.45, 7) is 0. The quantitative estimate of drug-likeness (QED) is 0.279. The highest BCUT2D eigenvalue weighted by Gasteiger charge is 2.53. The highest BCUT2D eigenvalue weighted by atomic mass is 127. The predicted molar refractivity (Wildman–Crippen MR) is 123 cm³/mol. The van der Waals surface area contributed by atoms with Gasteiger partial charge in [-0.2, -0.15) is 0 Å². The molecule has 2 amide bonds. The van der Waals surface area contributed by atoms with Crippen LogP contribution in [0.5, 0.6) is 0 Å². The zero-order chi connectivity index (χ0) is 22.7. The van der Waals surface area contributed by atoms with Crippen molar-refractivity contribution in [1.29, 1.82) is 0 Å². The third kappa shape index (κ3) is 4.40. The minimum absolute atomic E-state index is 0.202. The number of halogens is 1. The van der Waals surface area contributed by atoms with Crippen LogP contribution in [0, 0.1) is 3.57 Å². The largest absolute Gasteiger partial charge is 0.444 e. The number of carbonyl (C=O) groups is 4. The summed E-state index contributed by atoms with van der Waals surface area (Å²) in [6, 6.07) is 22.7. The Hall–Kier alpha value is -3.53. The van der Waals surface area contributed by atoms with E-state index in [-0.39, 0.29) is 11.1 Å². The molecule has 0 saturated carbocycles. The van der Waals surface area contributed by atoms with Crippen molar-refractivity contribution in [3.8, 4) is 0 Å². The maximum absolute atomic E-state index is 13.1. The molecule has 1 aliphatic heterocycles. The first-order valence-electron chi connectivity index (χ1n) is 9.61. The molecule has 0 radical (unpaired) electrons. The number of ether oxygens (including phenoxy) is 2. The van der Waals surface area contributed by atoms with Crippen molar-refractivity contribution in [1.82, 2.24) is 0 Å². The Morgan fingerprint density at radius 2 is 1.06 bits per heavy atom. The molecule has 0 unspecified atom stereocenters. The van der Waals surface area contributed by atoms with Crippen LogP contribution in [0.3, 0.4) is 0 Å². The number of esters is 2. The first-order valence-corrected chi connectivity index (χ1v) is 10.7. The Labute approximate surface area is 197 Å². The normalized spacial score (nSPS) is 17.8. The second kappa shape index (κ2) is 9.31. The third-order valence-corrected chi connectivity index (χ3v) is 5.49. The number of amides is 2. The molecule has 0 bridgehead atoms. The molecule has 1 saturated heterocycles. The molecule has 1 fully saturated rings. The van der Waals surface area contributed by atoms with Crippen molar-refractivity contribution in [2.24, 2.45) is 0 Å². The van der Waals surface area contributed by atoms with Gasteiger partial charge in [0.15, 0.2) is 0 Å². The minimum atomic E-state index is -1.61. The molecule has 0 N–H and O–H groups in total. The van der Waals surface area contributed by atoms with Crippen molar-refractivity contribution in [2.45, 2.75) is 12.2 Å². The highest BCUT2D eigenvalue weighted by Crippen LogP contribution is 2.28. The lowest BCUT2D eigenvalue weighted by Gasteiger charge is -2.16. The molecule has 0 aliphatic carbocycles. The van der Waals surface area contributed by atoms with E-state index in [0.717, 1.165) is 8.47 Å². The van der Waals surface area contributed by atoms with Crippen molar-refractivity contribution >= 4 is 52.0 Å². The molecular weight excluding hydrogens is 525 g/mol. The average Bonchev–Trinajstić information content (AvgIpc) is 3.04. The van der Waals surface area contributed by atoms with E-state index in [1.165, 1.54) is 24.3 Å². The maximum Gasteiger partial charge on any atom is 0.339 e. The second-order valence-corrected chi connectivity index (χ2v) is 8.12. The summed E-state index contributed by atoms with van der Waals surface area (Å²) in [4.78, 5) is 52.3.